The van der Waals surface area contributed by atoms with Crippen molar-refractivity contribution in [3.05, 3.63) is 113 Å². The first-order valence-electron chi connectivity index (χ1n) is 15.6. The van der Waals surface area contributed by atoms with Gasteiger partial charge in [0.15, 0.2) is 17.2 Å². The Kier molecular flexibility index (Phi) is 13.2. The molecule has 0 fully saturated rings. The van der Waals surface area contributed by atoms with Gasteiger partial charge >= 0.3 is 0 Å². The summed E-state index contributed by atoms with van der Waals surface area (Å²) in [7, 11) is -3.92. The first-order valence-corrected chi connectivity index (χ1v) is 17.4. The Balaban J connectivity index is 0.00000105. The van der Waals surface area contributed by atoms with Crippen molar-refractivity contribution in [2.75, 3.05) is 37.7 Å². The molecule has 2 aliphatic heterocycles. The van der Waals surface area contributed by atoms with Crippen LogP contribution in [-0.2, 0) is 10.1 Å². The van der Waals surface area contributed by atoms with Gasteiger partial charge in [0.25, 0.3) is 5.70 Å². The zero-order chi connectivity index (χ0) is 36.1. The number of benzene rings is 3. The number of aliphatic hydroxyl groups excluding tert-OH is 2. The number of unbranched alkanes of at least 4 members (excludes halogenated alkanes) is 1. The van der Waals surface area contributed by atoms with Gasteiger partial charge in [0.05, 0.1) is 40.1 Å². The molecule has 1 unspecified atom stereocenters. The van der Waals surface area contributed by atoms with E-state index in [1.165, 1.54) is 0 Å². The molecular weight excluding hydrogens is 660 g/mol. The number of ether oxygens (including phenoxy) is 3. The highest BCUT2D eigenvalue weighted by Crippen LogP contribution is 2.42. The number of aliphatic hydroxyl groups is 2. The first-order chi connectivity index (χ1) is 24.1. The van der Waals surface area contributed by atoms with Gasteiger partial charge in [-0.15, -0.1) is 0 Å². The van der Waals surface area contributed by atoms with Gasteiger partial charge in [-0.05, 0) is 72.2 Å². The average Bonchev–Trinajstić information content (AvgIpc) is 3.72. The fourth-order valence-corrected chi connectivity index (χ4v) is 5.42. The highest BCUT2D eigenvalue weighted by molar-refractivity contribution is 7.84. The number of nitriles is 2. The van der Waals surface area contributed by atoms with Gasteiger partial charge in [-0.3, -0.25) is 0 Å². The Hall–Kier alpha value is -5.62. The molecule has 2 N–H and O–H groups in total. The highest BCUT2D eigenvalue weighted by atomic mass is 32.2. The minimum atomic E-state index is -3.92. The lowest BCUT2D eigenvalue weighted by Gasteiger charge is -2.19. The lowest BCUT2D eigenvalue weighted by molar-refractivity contribution is 0.174. The second-order valence-electron chi connectivity index (χ2n) is 11.3. The Bertz CT molecular complexity index is 1980. The summed E-state index contributed by atoms with van der Waals surface area (Å²) in [5.41, 5.74) is 3.56. The highest BCUT2D eigenvalue weighted by Gasteiger charge is 2.27. The first kappa shape index (κ1) is 37.2. The van der Waals surface area contributed by atoms with Gasteiger partial charge < -0.3 is 33.9 Å². The largest absolute Gasteiger partial charge is 0.748 e. The monoisotopic (exact) mass is 695 g/mol. The summed E-state index contributed by atoms with van der Waals surface area (Å²) < 4.78 is 44.4. The number of hydrogen-bond acceptors (Lipinski definition) is 11. The van der Waals surface area contributed by atoms with Crippen molar-refractivity contribution in [1.82, 2.24) is 0 Å². The summed E-state index contributed by atoms with van der Waals surface area (Å²) in [4.78, 5) is 5.46. The van der Waals surface area contributed by atoms with Gasteiger partial charge in [-0.2, -0.15) is 5.26 Å². The normalized spacial score (nSPS) is 15.0. The zero-order valence-electron chi connectivity index (χ0n) is 27.3. The third kappa shape index (κ3) is 9.95. The van der Waals surface area contributed by atoms with Crippen molar-refractivity contribution in [1.29, 1.82) is 10.5 Å². The molecule has 13 heteroatoms. The van der Waals surface area contributed by atoms with Crippen LogP contribution in [0.1, 0.15) is 31.2 Å². The molecule has 0 radical (unpaired) electrons. The second-order valence-corrected chi connectivity index (χ2v) is 12.7. The third-order valence-electron chi connectivity index (χ3n) is 7.78. The van der Waals surface area contributed by atoms with Gasteiger partial charge in [0.1, 0.15) is 0 Å². The van der Waals surface area contributed by atoms with E-state index in [4.69, 9.17) is 33.8 Å². The molecule has 0 amide bonds. The number of rotatable bonds is 12. The number of fused-ring (bicyclic) bond motifs is 2. The van der Waals surface area contributed by atoms with E-state index < -0.39 is 10.1 Å². The fraction of sp³-hybridized carbons (Fsp3) is 0.270. The minimum Gasteiger partial charge on any atom is -0.748 e. The van der Waals surface area contributed by atoms with Crippen molar-refractivity contribution in [2.45, 2.75) is 25.7 Å². The number of allylic oxidation sites excluding steroid dienone is 5. The number of anilines is 1. The summed E-state index contributed by atoms with van der Waals surface area (Å²) in [5, 5.41) is 38.9. The summed E-state index contributed by atoms with van der Waals surface area (Å²) >= 11 is 0. The van der Waals surface area contributed by atoms with E-state index in [2.05, 4.69) is 21.9 Å². The van der Waals surface area contributed by atoms with Crippen LogP contribution in [0, 0.1) is 35.2 Å². The zero-order valence-corrected chi connectivity index (χ0v) is 28.1. The van der Waals surface area contributed by atoms with Gasteiger partial charge in [-0.1, -0.05) is 48.9 Å². The predicted octanol–water partition coefficient (Wildman–Crippen LogP) is 5.75. The summed E-state index contributed by atoms with van der Waals surface area (Å²) in [5.74, 6) is 2.25. The maximum absolute atomic E-state index is 10.2. The van der Waals surface area contributed by atoms with Crippen LogP contribution in [0.15, 0.2) is 96.0 Å². The molecule has 12 nitrogen and oxygen atoms in total. The molecule has 50 heavy (non-hydrogen) atoms. The smallest absolute Gasteiger partial charge is 0.270 e. The molecule has 258 valence electrons. The van der Waals surface area contributed by atoms with Crippen LogP contribution in [0.3, 0.4) is 0 Å². The predicted molar refractivity (Wildman–Crippen MR) is 185 cm³/mol. The maximum atomic E-state index is 10.2. The van der Waals surface area contributed by atoms with Gasteiger partial charge in [0.2, 0.25) is 12.7 Å². The van der Waals surface area contributed by atoms with Gasteiger partial charge in [-0.25, -0.2) is 18.5 Å². The second kappa shape index (κ2) is 17.7. The van der Waals surface area contributed by atoms with Crippen molar-refractivity contribution in [3.8, 4) is 40.5 Å². The van der Waals surface area contributed by atoms with Crippen molar-refractivity contribution >= 4 is 21.4 Å². The standard InChI is InChI=1S/C36H32N4O5.CH4O3S/c1-39-30(22-38)36(28-11-14-33-34(20-28)44-24-43-33)29(21-37)12-15-35-40(17-6-5-7-25(23-42)16-18-41)31-19-27(10-13-32(31)45-35)26-8-3-2-4-9-26;1-5(2,3)4/h2-4,8-15,19-20,25,41-42H,5-7,16-18,23-24H2;1H3,(H,2,3,4)/p-1/b29-12?,35-15?,36-30-;. The number of nitrogens with zero attached hydrogens (tertiary/aromatic N) is 4. The topological polar surface area (TPSA) is 181 Å². The van der Waals surface area contributed by atoms with E-state index >= 15 is 0 Å². The van der Waals surface area contributed by atoms with E-state index in [9.17, 15) is 20.7 Å². The van der Waals surface area contributed by atoms with Crippen LogP contribution in [0.5, 0.6) is 17.2 Å². The van der Waals surface area contributed by atoms with Crippen LogP contribution in [0.4, 0.5) is 5.69 Å². The van der Waals surface area contributed by atoms with Crippen LogP contribution in [-0.4, -0.2) is 56.0 Å². The Morgan fingerprint density at radius 1 is 1.00 bits per heavy atom. The van der Waals surface area contributed by atoms with E-state index in [-0.39, 0.29) is 42.8 Å². The molecule has 0 bridgehead atoms. The molecule has 3 aromatic carbocycles. The van der Waals surface area contributed by atoms with Crippen LogP contribution < -0.4 is 19.1 Å². The number of hydrogen-bond donors (Lipinski definition) is 2. The average molecular weight is 696 g/mol. The lowest BCUT2D eigenvalue weighted by atomic mass is 9.96. The molecule has 0 saturated heterocycles. The van der Waals surface area contributed by atoms with Crippen LogP contribution >= 0.6 is 0 Å². The van der Waals surface area contributed by atoms with Crippen LogP contribution in [0.2, 0.25) is 0 Å². The van der Waals surface area contributed by atoms with E-state index in [0.29, 0.717) is 47.9 Å². The molecule has 0 saturated carbocycles. The molecule has 3 aromatic rings. The maximum Gasteiger partial charge on any atom is 0.270 e. The van der Waals surface area contributed by atoms with E-state index in [0.717, 1.165) is 36.1 Å². The molecule has 2 heterocycles. The van der Waals surface area contributed by atoms with Crippen LogP contribution in [0.25, 0.3) is 21.5 Å². The Morgan fingerprint density at radius 3 is 2.38 bits per heavy atom. The Labute approximate surface area is 291 Å². The third-order valence-corrected chi connectivity index (χ3v) is 7.78. The fourth-order valence-electron chi connectivity index (χ4n) is 5.42. The molecule has 1 atom stereocenters. The molecule has 0 spiro atoms. The van der Waals surface area contributed by atoms with Crippen molar-refractivity contribution in [3.63, 3.8) is 0 Å². The SMILES string of the molecule is CS(=O)(=O)[O-].[C-]#[N+]/C(C#N)=C(\C(C#N)=CC=C1Oc2ccc(-c3ccccc3)cc2N1CCCCC(CO)CCO)c1ccc2c(c1)OCO2. The molecule has 0 aliphatic carbocycles. The van der Waals surface area contributed by atoms with Crippen molar-refractivity contribution in [2.24, 2.45) is 5.92 Å². The summed E-state index contributed by atoms with van der Waals surface area (Å²) in [6.07, 6.45) is 6.85. The van der Waals surface area contributed by atoms with E-state index in [1.807, 2.05) is 48.5 Å². The quantitative estimate of drug-likeness (QED) is 0.0774. The molecule has 5 rings (SSSR count). The Morgan fingerprint density at radius 2 is 1.72 bits per heavy atom. The summed E-state index contributed by atoms with van der Waals surface area (Å²) in [6, 6.07) is 25.2. The molecule has 2 aliphatic rings. The molecule has 0 aromatic heterocycles. The van der Waals surface area contributed by atoms with E-state index in [1.54, 1.807) is 30.4 Å². The summed E-state index contributed by atoms with van der Waals surface area (Å²) in [6.45, 7) is 8.38. The van der Waals surface area contributed by atoms with Crippen molar-refractivity contribution < 1.29 is 37.4 Å². The minimum absolute atomic E-state index is 0.0397. The molecular formula is C37H35N4O8S-. The van der Waals surface area contributed by atoms with Gasteiger partial charge in [0, 0.05) is 37.7 Å². The lowest BCUT2D eigenvalue weighted by Crippen LogP contribution is -2.22.